The Labute approximate surface area is 157 Å². The van der Waals surface area contributed by atoms with Gasteiger partial charge in [0.25, 0.3) is 5.91 Å². The molecular weight excluding hydrogens is 346 g/mol. The van der Waals surface area contributed by atoms with E-state index >= 15 is 0 Å². The second kappa shape index (κ2) is 8.01. The summed E-state index contributed by atoms with van der Waals surface area (Å²) in [5.74, 6) is -2.00. The van der Waals surface area contributed by atoms with Gasteiger partial charge >= 0.3 is 5.97 Å². The van der Waals surface area contributed by atoms with Crippen molar-refractivity contribution in [2.24, 2.45) is 5.73 Å². The summed E-state index contributed by atoms with van der Waals surface area (Å²) in [4.78, 5) is 39.5. The van der Waals surface area contributed by atoms with E-state index in [1.54, 1.807) is 29.2 Å². The van der Waals surface area contributed by atoms with Crippen molar-refractivity contribution in [3.8, 4) is 0 Å². The third kappa shape index (κ3) is 3.83. The van der Waals surface area contributed by atoms with E-state index in [9.17, 15) is 14.4 Å². The Hall–Kier alpha value is -3.19. The van der Waals surface area contributed by atoms with Gasteiger partial charge in [-0.3, -0.25) is 19.3 Å². The maximum atomic E-state index is 13.3. The van der Waals surface area contributed by atoms with Gasteiger partial charge < -0.3 is 15.7 Å². The molecule has 0 fully saturated rings. The van der Waals surface area contributed by atoms with Crippen LogP contribution in [0.1, 0.15) is 22.3 Å². The fourth-order valence-electron chi connectivity index (χ4n) is 3.33. The van der Waals surface area contributed by atoms with Crippen LogP contribution in [0.25, 0.3) is 0 Å². The predicted octanol–water partition coefficient (Wildman–Crippen LogP) is 1.66. The molecule has 1 heterocycles. The van der Waals surface area contributed by atoms with Gasteiger partial charge in [0.1, 0.15) is 6.54 Å². The molecule has 140 valence electrons. The number of para-hydroxylation sites is 2. The zero-order chi connectivity index (χ0) is 19.4. The average Bonchev–Trinajstić information content (AvgIpc) is 2.70. The number of nitrogens with two attached hydrogens (primary N) is 1. The molecule has 0 atom stereocenters. The van der Waals surface area contributed by atoms with Crippen LogP contribution in [0.2, 0.25) is 0 Å². The van der Waals surface area contributed by atoms with Gasteiger partial charge in [0.2, 0.25) is 5.91 Å². The van der Waals surface area contributed by atoms with Crippen LogP contribution in [0, 0.1) is 0 Å². The first kappa shape index (κ1) is 18.6. The molecule has 0 spiro atoms. The van der Waals surface area contributed by atoms with Crippen LogP contribution in [0.3, 0.4) is 0 Å². The van der Waals surface area contributed by atoms with Crippen LogP contribution in [-0.2, 0) is 16.0 Å². The molecule has 3 rings (SSSR count). The van der Waals surface area contributed by atoms with Gasteiger partial charge in [0.15, 0.2) is 0 Å². The summed E-state index contributed by atoms with van der Waals surface area (Å²) in [6, 6.07) is 14.2. The number of aryl methyl sites for hydroxylation is 1. The number of anilines is 2. The van der Waals surface area contributed by atoms with Crippen LogP contribution in [-0.4, -0.2) is 42.5 Å². The molecule has 2 amide bonds. The normalized spacial score (nSPS) is 13.0. The zero-order valence-corrected chi connectivity index (χ0v) is 14.8. The Morgan fingerprint density at radius 3 is 2.52 bits per heavy atom. The van der Waals surface area contributed by atoms with Gasteiger partial charge in [0.05, 0.1) is 17.8 Å². The summed E-state index contributed by atoms with van der Waals surface area (Å²) in [5.41, 5.74) is 7.91. The molecule has 0 unspecified atom stereocenters. The molecular formula is C20H21N3O4. The number of hydrogen-bond acceptors (Lipinski definition) is 4. The van der Waals surface area contributed by atoms with E-state index in [4.69, 9.17) is 10.8 Å². The van der Waals surface area contributed by atoms with Crippen LogP contribution in [0.4, 0.5) is 11.4 Å². The lowest BCUT2D eigenvalue weighted by Crippen LogP contribution is -2.42. The smallest absolute Gasteiger partial charge is 0.323 e. The largest absolute Gasteiger partial charge is 0.480 e. The number of amides is 2. The van der Waals surface area contributed by atoms with E-state index in [1.165, 1.54) is 0 Å². The minimum absolute atomic E-state index is 0.253. The van der Waals surface area contributed by atoms with Crippen molar-refractivity contribution in [2.45, 2.75) is 12.8 Å². The van der Waals surface area contributed by atoms with E-state index in [0.717, 1.165) is 29.0 Å². The van der Waals surface area contributed by atoms with E-state index in [1.807, 2.05) is 24.3 Å². The fraction of sp³-hybridized carbons (Fsp3) is 0.250. The summed E-state index contributed by atoms with van der Waals surface area (Å²) < 4.78 is 0. The monoisotopic (exact) mass is 367 g/mol. The summed E-state index contributed by atoms with van der Waals surface area (Å²) in [6.45, 7) is -0.340. The number of nitrogens with zero attached hydrogens (tertiary/aromatic N) is 2. The summed E-state index contributed by atoms with van der Waals surface area (Å²) in [5, 5.41) is 9.17. The lowest BCUT2D eigenvalue weighted by Gasteiger charge is -2.31. The van der Waals surface area contributed by atoms with Crippen molar-refractivity contribution in [3.63, 3.8) is 0 Å². The maximum Gasteiger partial charge on any atom is 0.323 e. The molecule has 0 aliphatic carbocycles. The van der Waals surface area contributed by atoms with E-state index in [0.29, 0.717) is 6.54 Å². The quantitative estimate of drug-likeness (QED) is 0.836. The third-order valence-electron chi connectivity index (χ3n) is 4.55. The molecule has 7 nitrogen and oxygen atoms in total. The van der Waals surface area contributed by atoms with Crippen LogP contribution < -0.4 is 15.5 Å². The molecule has 0 saturated carbocycles. The molecule has 1 aliphatic heterocycles. The number of hydrogen-bond donors (Lipinski definition) is 2. The molecule has 2 aromatic rings. The van der Waals surface area contributed by atoms with Gasteiger partial charge in [-0.2, -0.15) is 0 Å². The molecule has 2 aromatic carbocycles. The number of carboxylic acids is 1. The zero-order valence-electron chi connectivity index (χ0n) is 14.8. The Kier molecular flexibility index (Phi) is 5.52. The van der Waals surface area contributed by atoms with Crippen molar-refractivity contribution < 1.29 is 19.5 Å². The van der Waals surface area contributed by atoms with Crippen LogP contribution in [0.5, 0.6) is 0 Å². The highest BCUT2D eigenvalue weighted by Gasteiger charge is 2.28. The van der Waals surface area contributed by atoms with Gasteiger partial charge in [0, 0.05) is 12.2 Å². The number of fused-ring (bicyclic) bond motifs is 1. The number of carbonyl (C=O) groups excluding carboxylic acids is 2. The van der Waals surface area contributed by atoms with E-state index in [-0.39, 0.29) is 23.7 Å². The molecule has 7 heteroatoms. The highest BCUT2D eigenvalue weighted by atomic mass is 16.4. The van der Waals surface area contributed by atoms with E-state index in [2.05, 4.69) is 0 Å². The SMILES string of the molecule is NCC(=O)N(CC(=O)O)c1ccccc1C(=O)N1CCCc2ccccc21. The first-order chi connectivity index (χ1) is 13.0. The highest BCUT2D eigenvalue weighted by Crippen LogP contribution is 2.30. The molecule has 0 saturated heterocycles. The standard InChI is InChI=1S/C20H21N3O4/c21-12-18(24)23(13-19(25)26)17-10-4-2-8-15(17)20(27)22-11-5-7-14-6-1-3-9-16(14)22/h1-4,6,8-10H,5,7,11-13,21H2,(H,25,26). The van der Waals surface area contributed by atoms with Crippen molar-refractivity contribution in [1.29, 1.82) is 0 Å². The third-order valence-corrected chi connectivity index (χ3v) is 4.55. The summed E-state index contributed by atoms with van der Waals surface area (Å²) in [6.07, 6.45) is 1.74. The second-order valence-electron chi connectivity index (χ2n) is 6.28. The lowest BCUT2D eigenvalue weighted by atomic mass is 10.0. The van der Waals surface area contributed by atoms with Gasteiger partial charge in [-0.15, -0.1) is 0 Å². The minimum atomic E-state index is -1.18. The molecule has 0 aromatic heterocycles. The molecule has 3 N–H and O–H groups in total. The predicted molar refractivity (Wildman–Crippen MR) is 102 cm³/mol. The van der Waals surface area contributed by atoms with Gasteiger partial charge in [-0.25, -0.2) is 0 Å². The maximum absolute atomic E-state index is 13.3. The van der Waals surface area contributed by atoms with Gasteiger partial charge in [-0.1, -0.05) is 30.3 Å². The lowest BCUT2D eigenvalue weighted by molar-refractivity contribution is -0.136. The number of aliphatic carboxylic acids is 1. The van der Waals surface area contributed by atoms with Crippen LogP contribution in [0.15, 0.2) is 48.5 Å². The first-order valence-corrected chi connectivity index (χ1v) is 8.74. The topological polar surface area (TPSA) is 104 Å². The Balaban J connectivity index is 2.02. The Morgan fingerprint density at radius 2 is 1.78 bits per heavy atom. The van der Waals surface area contributed by atoms with Gasteiger partial charge in [-0.05, 0) is 36.6 Å². The van der Waals surface area contributed by atoms with Crippen molar-refractivity contribution >= 4 is 29.2 Å². The fourth-order valence-corrected chi connectivity index (χ4v) is 3.33. The number of carbonyl (C=O) groups is 3. The summed E-state index contributed by atoms with van der Waals surface area (Å²) >= 11 is 0. The molecule has 0 bridgehead atoms. The Morgan fingerprint density at radius 1 is 1.07 bits per heavy atom. The summed E-state index contributed by atoms with van der Waals surface area (Å²) in [7, 11) is 0. The first-order valence-electron chi connectivity index (χ1n) is 8.74. The second-order valence-corrected chi connectivity index (χ2v) is 6.28. The van der Waals surface area contributed by atoms with Crippen molar-refractivity contribution in [3.05, 3.63) is 59.7 Å². The Bertz CT molecular complexity index is 881. The van der Waals surface area contributed by atoms with Crippen LogP contribution >= 0.6 is 0 Å². The number of rotatable bonds is 5. The van der Waals surface area contributed by atoms with E-state index < -0.39 is 18.4 Å². The molecule has 1 aliphatic rings. The number of carboxylic acid groups (broad SMARTS) is 1. The minimum Gasteiger partial charge on any atom is -0.480 e. The number of benzene rings is 2. The molecule has 0 radical (unpaired) electrons. The van der Waals surface area contributed by atoms with Crippen molar-refractivity contribution in [2.75, 3.05) is 29.4 Å². The average molecular weight is 367 g/mol. The highest BCUT2D eigenvalue weighted by molar-refractivity contribution is 6.13. The van der Waals surface area contributed by atoms with Crippen molar-refractivity contribution in [1.82, 2.24) is 0 Å². The molecule has 27 heavy (non-hydrogen) atoms.